The Morgan fingerprint density at radius 2 is 2.53 bits per heavy atom. The fourth-order valence-electron chi connectivity index (χ4n) is 1.75. The summed E-state index contributed by atoms with van der Waals surface area (Å²) in [7, 11) is 1.95. The van der Waals surface area contributed by atoms with Crippen LogP contribution in [0.4, 0.5) is 0 Å². The Bertz CT molecular complexity index is 315. The van der Waals surface area contributed by atoms with E-state index in [1.165, 1.54) is 0 Å². The Morgan fingerprint density at radius 1 is 1.67 bits per heavy atom. The maximum atomic E-state index is 5.47. The van der Waals surface area contributed by atoms with Crippen LogP contribution in [0.1, 0.15) is 5.69 Å². The third-order valence-electron chi connectivity index (χ3n) is 2.46. The van der Waals surface area contributed by atoms with E-state index in [0.717, 1.165) is 38.5 Å². The molecule has 1 atom stereocenters. The normalized spacial score (nSPS) is 24.0. The second kappa shape index (κ2) is 5.09. The van der Waals surface area contributed by atoms with Crippen molar-refractivity contribution in [3.63, 3.8) is 0 Å². The number of aromatic nitrogens is 2. The third kappa shape index (κ3) is 3.29. The van der Waals surface area contributed by atoms with Crippen molar-refractivity contribution in [2.75, 3.05) is 26.3 Å². The van der Waals surface area contributed by atoms with Crippen LogP contribution in [0.25, 0.3) is 0 Å². The lowest BCUT2D eigenvalue weighted by Gasteiger charge is -2.19. The maximum Gasteiger partial charge on any atom is 0.0764 e. The van der Waals surface area contributed by atoms with Crippen molar-refractivity contribution in [3.8, 4) is 0 Å². The van der Waals surface area contributed by atoms with Gasteiger partial charge in [-0.25, -0.2) is 0 Å². The van der Waals surface area contributed by atoms with Gasteiger partial charge >= 0.3 is 0 Å². The molecule has 84 valence electrons. The van der Waals surface area contributed by atoms with E-state index in [2.05, 4.69) is 32.0 Å². The van der Waals surface area contributed by atoms with Gasteiger partial charge in [0.25, 0.3) is 0 Å². The first-order valence-electron chi connectivity index (χ1n) is 5.17. The van der Waals surface area contributed by atoms with Crippen LogP contribution in [0.3, 0.4) is 0 Å². The highest BCUT2D eigenvalue weighted by atomic mass is 79.9. The summed E-state index contributed by atoms with van der Waals surface area (Å²) >= 11 is 3.60. The summed E-state index contributed by atoms with van der Waals surface area (Å²) in [5.41, 5.74) is 1.12. The quantitative estimate of drug-likeness (QED) is 0.754. The molecule has 2 heterocycles. The molecule has 0 aliphatic carbocycles. The number of alkyl halides is 1. The standard InChI is InChI=1S/C10H16BrN3O/c1-13-3-2-10(12-13)7-14-4-5-15-8-9(11)6-14/h2-3,9H,4-8H2,1H3. The molecular formula is C10H16BrN3O. The predicted octanol–water partition coefficient (Wildman–Crippen LogP) is 1.02. The fraction of sp³-hybridized carbons (Fsp3) is 0.700. The van der Waals surface area contributed by atoms with Gasteiger partial charge in [0.1, 0.15) is 0 Å². The Kier molecular flexibility index (Phi) is 3.77. The number of hydrogen-bond acceptors (Lipinski definition) is 3. The number of aryl methyl sites for hydroxylation is 1. The molecule has 1 aromatic rings. The van der Waals surface area contributed by atoms with Crippen molar-refractivity contribution in [1.29, 1.82) is 0 Å². The van der Waals surface area contributed by atoms with Crippen LogP contribution in [0.5, 0.6) is 0 Å². The number of hydrogen-bond donors (Lipinski definition) is 0. The van der Waals surface area contributed by atoms with E-state index in [9.17, 15) is 0 Å². The molecule has 5 heteroatoms. The molecule has 1 aliphatic rings. The van der Waals surface area contributed by atoms with Crippen molar-refractivity contribution in [2.45, 2.75) is 11.4 Å². The first-order valence-corrected chi connectivity index (χ1v) is 6.08. The summed E-state index contributed by atoms with van der Waals surface area (Å²) in [6.45, 7) is 4.54. The zero-order chi connectivity index (χ0) is 10.7. The number of ether oxygens (including phenoxy) is 1. The second-order valence-corrected chi connectivity index (χ2v) is 5.18. The number of halogens is 1. The Morgan fingerprint density at radius 3 is 3.27 bits per heavy atom. The second-order valence-electron chi connectivity index (χ2n) is 3.89. The van der Waals surface area contributed by atoms with Crippen LogP contribution in [-0.2, 0) is 18.3 Å². The van der Waals surface area contributed by atoms with Crippen molar-refractivity contribution in [2.24, 2.45) is 7.05 Å². The lowest BCUT2D eigenvalue weighted by molar-refractivity contribution is 0.142. The minimum Gasteiger partial charge on any atom is -0.379 e. The molecule has 0 spiro atoms. The highest BCUT2D eigenvalue weighted by molar-refractivity contribution is 9.09. The van der Waals surface area contributed by atoms with Gasteiger partial charge in [-0.2, -0.15) is 5.10 Å². The summed E-state index contributed by atoms with van der Waals surface area (Å²) in [5.74, 6) is 0. The van der Waals surface area contributed by atoms with Gasteiger partial charge in [0.05, 0.1) is 23.7 Å². The Balaban J connectivity index is 1.92. The van der Waals surface area contributed by atoms with E-state index in [0.29, 0.717) is 4.83 Å². The average molecular weight is 274 g/mol. The van der Waals surface area contributed by atoms with Crippen molar-refractivity contribution >= 4 is 15.9 Å². The van der Waals surface area contributed by atoms with Gasteiger partial charge in [-0.3, -0.25) is 9.58 Å². The largest absolute Gasteiger partial charge is 0.379 e. The smallest absolute Gasteiger partial charge is 0.0764 e. The minimum atomic E-state index is 0.434. The van der Waals surface area contributed by atoms with Crippen LogP contribution in [0, 0.1) is 0 Å². The number of nitrogens with zero attached hydrogens (tertiary/aromatic N) is 3. The average Bonchev–Trinajstić information content (AvgIpc) is 2.46. The molecule has 0 saturated carbocycles. The van der Waals surface area contributed by atoms with Gasteiger partial charge in [-0.05, 0) is 6.07 Å². The molecule has 1 aliphatic heterocycles. The molecule has 4 nitrogen and oxygen atoms in total. The van der Waals surface area contributed by atoms with Gasteiger partial charge in [0.15, 0.2) is 0 Å². The van der Waals surface area contributed by atoms with Gasteiger partial charge < -0.3 is 4.74 Å². The molecule has 15 heavy (non-hydrogen) atoms. The van der Waals surface area contributed by atoms with E-state index >= 15 is 0 Å². The molecule has 0 N–H and O–H groups in total. The molecule has 0 radical (unpaired) electrons. The summed E-state index contributed by atoms with van der Waals surface area (Å²) in [4.78, 5) is 2.80. The summed E-state index contributed by atoms with van der Waals surface area (Å²) in [6, 6.07) is 2.06. The zero-order valence-electron chi connectivity index (χ0n) is 8.90. The van der Waals surface area contributed by atoms with Crippen LogP contribution >= 0.6 is 15.9 Å². The third-order valence-corrected chi connectivity index (χ3v) is 3.02. The molecule has 1 saturated heterocycles. The SMILES string of the molecule is Cn1ccc(CN2CCOCC(Br)C2)n1. The van der Waals surface area contributed by atoms with Crippen LogP contribution in [0.2, 0.25) is 0 Å². The molecule has 0 aromatic carbocycles. The fourth-order valence-corrected chi connectivity index (χ4v) is 2.35. The van der Waals surface area contributed by atoms with E-state index in [1.807, 2.05) is 17.9 Å². The summed E-state index contributed by atoms with van der Waals surface area (Å²) in [6.07, 6.45) is 1.98. The lowest BCUT2D eigenvalue weighted by atomic mass is 10.3. The molecule has 1 unspecified atom stereocenters. The summed E-state index contributed by atoms with van der Waals surface area (Å²) < 4.78 is 7.31. The Labute approximate surface area is 98.3 Å². The van der Waals surface area contributed by atoms with Crippen LogP contribution in [-0.4, -0.2) is 45.8 Å². The van der Waals surface area contributed by atoms with Gasteiger partial charge in [-0.15, -0.1) is 0 Å². The van der Waals surface area contributed by atoms with Crippen molar-refractivity contribution in [1.82, 2.24) is 14.7 Å². The molecule has 2 rings (SSSR count). The topological polar surface area (TPSA) is 30.3 Å². The Hall–Kier alpha value is -0.390. The van der Waals surface area contributed by atoms with E-state index in [1.54, 1.807) is 0 Å². The monoisotopic (exact) mass is 273 g/mol. The highest BCUT2D eigenvalue weighted by Crippen LogP contribution is 2.10. The van der Waals surface area contributed by atoms with Crippen LogP contribution in [0.15, 0.2) is 12.3 Å². The van der Waals surface area contributed by atoms with E-state index in [-0.39, 0.29) is 0 Å². The van der Waals surface area contributed by atoms with E-state index in [4.69, 9.17) is 4.74 Å². The first kappa shape index (κ1) is 11.1. The van der Waals surface area contributed by atoms with Crippen LogP contribution < -0.4 is 0 Å². The highest BCUT2D eigenvalue weighted by Gasteiger charge is 2.16. The molecular weight excluding hydrogens is 258 g/mol. The summed E-state index contributed by atoms with van der Waals surface area (Å²) in [5, 5.41) is 4.38. The predicted molar refractivity (Wildman–Crippen MR) is 62.0 cm³/mol. The maximum absolute atomic E-state index is 5.47. The van der Waals surface area contributed by atoms with Crippen molar-refractivity contribution in [3.05, 3.63) is 18.0 Å². The minimum absolute atomic E-state index is 0.434. The van der Waals surface area contributed by atoms with Gasteiger partial charge in [0.2, 0.25) is 0 Å². The van der Waals surface area contributed by atoms with Crippen molar-refractivity contribution < 1.29 is 4.74 Å². The lowest BCUT2D eigenvalue weighted by Crippen LogP contribution is -2.30. The molecule has 0 bridgehead atoms. The van der Waals surface area contributed by atoms with E-state index < -0.39 is 0 Å². The van der Waals surface area contributed by atoms with Gasteiger partial charge in [0, 0.05) is 32.9 Å². The zero-order valence-corrected chi connectivity index (χ0v) is 10.5. The first-order chi connectivity index (χ1) is 7.24. The molecule has 1 fully saturated rings. The molecule has 1 aromatic heterocycles. The number of rotatable bonds is 2. The molecule has 0 amide bonds. The van der Waals surface area contributed by atoms with Gasteiger partial charge in [-0.1, -0.05) is 15.9 Å².